The molecule has 0 N–H and O–H groups in total. The predicted molar refractivity (Wildman–Crippen MR) is 120 cm³/mol. The number of carbonyl (C=O) groups is 2. The van der Waals surface area contributed by atoms with Crippen LogP contribution >= 0.6 is 0 Å². The third kappa shape index (κ3) is 7.37. The Hall–Kier alpha value is -2.25. The molecule has 0 radical (unpaired) electrons. The maximum Gasteiger partial charge on any atom is 0.389 e. The molecule has 2 amide bonds. The number of benzene rings is 1. The van der Waals surface area contributed by atoms with E-state index >= 15 is 0 Å². The van der Waals surface area contributed by atoms with Crippen molar-refractivity contribution in [3.8, 4) is 5.75 Å². The van der Waals surface area contributed by atoms with Gasteiger partial charge in [0.2, 0.25) is 5.91 Å². The summed E-state index contributed by atoms with van der Waals surface area (Å²) in [4.78, 5) is 29.4. The van der Waals surface area contributed by atoms with Crippen molar-refractivity contribution in [3.63, 3.8) is 0 Å². The number of hydrogen-bond donors (Lipinski definition) is 0. The van der Waals surface area contributed by atoms with Crippen molar-refractivity contribution in [2.45, 2.75) is 89.0 Å². The molecule has 1 aromatic carbocycles. The summed E-state index contributed by atoms with van der Waals surface area (Å²) in [7, 11) is 1.79. The molecular formula is C25H35F3N2O3. The zero-order valence-corrected chi connectivity index (χ0v) is 19.4. The van der Waals surface area contributed by atoms with Crippen LogP contribution in [0.3, 0.4) is 0 Å². The number of carbonyl (C=O) groups excluding carboxylic acids is 2. The van der Waals surface area contributed by atoms with Crippen molar-refractivity contribution in [3.05, 3.63) is 29.8 Å². The molecule has 0 bridgehead atoms. The fourth-order valence-corrected chi connectivity index (χ4v) is 4.82. The molecule has 1 aliphatic heterocycles. The minimum Gasteiger partial charge on any atom is -0.487 e. The molecule has 0 aromatic heterocycles. The topological polar surface area (TPSA) is 49.9 Å². The molecule has 0 saturated heterocycles. The van der Waals surface area contributed by atoms with Gasteiger partial charge >= 0.3 is 6.18 Å². The van der Waals surface area contributed by atoms with Gasteiger partial charge in [-0.25, -0.2) is 0 Å². The first-order valence-electron chi connectivity index (χ1n) is 12.1. The Morgan fingerprint density at radius 3 is 2.42 bits per heavy atom. The first-order valence-corrected chi connectivity index (χ1v) is 12.1. The Kier molecular flexibility index (Phi) is 9.03. The summed E-state index contributed by atoms with van der Waals surface area (Å²) < 4.78 is 44.8. The molecule has 1 fully saturated rings. The third-order valence-electron chi connectivity index (χ3n) is 6.65. The van der Waals surface area contributed by atoms with Gasteiger partial charge < -0.3 is 14.5 Å². The molecule has 184 valence electrons. The lowest BCUT2D eigenvalue weighted by Gasteiger charge is -2.40. The Balaban J connectivity index is 1.88. The molecule has 33 heavy (non-hydrogen) atoms. The Morgan fingerprint density at radius 2 is 1.67 bits per heavy atom. The molecule has 5 nitrogen and oxygen atoms in total. The normalized spacial score (nSPS) is 23.6. The summed E-state index contributed by atoms with van der Waals surface area (Å²) in [6.45, 7) is 1.10. The molecule has 3 rings (SSSR count). The lowest BCUT2D eigenvalue weighted by Crippen LogP contribution is -2.51. The second-order valence-electron chi connectivity index (χ2n) is 9.20. The second-order valence-corrected chi connectivity index (χ2v) is 9.20. The van der Waals surface area contributed by atoms with Gasteiger partial charge in [0, 0.05) is 26.6 Å². The summed E-state index contributed by atoms with van der Waals surface area (Å²) >= 11 is 0. The molecular weight excluding hydrogens is 433 g/mol. The maximum absolute atomic E-state index is 13.1. The molecule has 2 atom stereocenters. The first-order chi connectivity index (χ1) is 15.8. The van der Waals surface area contributed by atoms with Crippen LogP contribution in [-0.2, 0) is 4.79 Å². The summed E-state index contributed by atoms with van der Waals surface area (Å²) in [5, 5.41) is 0. The van der Waals surface area contributed by atoms with Gasteiger partial charge in [-0.05, 0) is 44.2 Å². The van der Waals surface area contributed by atoms with Gasteiger partial charge in [-0.15, -0.1) is 0 Å². The Morgan fingerprint density at radius 1 is 1.00 bits per heavy atom. The molecule has 8 heteroatoms. The quantitative estimate of drug-likeness (QED) is 0.569. The summed E-state index contributed by atoms with van der Waals surface area (Å²) in [6, 6.07) is 6.83. The first kappa shape index (κ1) is 25.4. The van der Waals surface area contributed by atoms with Gasteiger partial charge in [0.15, 0.2) is 0 Å². The van der Waals surface area contributed by atoms with E-state index in [4.69, 9.17) is 4.74 Å². The van der Waals surface area contributed by atoms with E-state index in [0.29, 0.717) is 37.2 Å². The minimum atomic E-state index is -4.36. The minimum absolute atomic E-state index is 0.106. The van der Waals surface area contributed by atoms with Gasteiger partial charge in [-0.1, -0.05) is 37.8 Å². The number of hydrogen-bond acceptors (Lipinski definition) is 3. The van der Waals surface area contributed by atoms with Crippen LogP contribution in [0.25, 0.3) is 0 Å². The van der Waals surface area contributed by atoms with E-state index in [0.717, 1.165) is 44.9 Å². The summed E-state index contributed by atoms with van der Waals surface area (Å²) in [6.07, 6.45) is 1.33. The van der Waals surface area contributed by atoms with E-state index in [1.165, 1.54) is 0 Å². The van der Waals surface area contributed by atoms with Crippen molar-refractivity contribution in [2.24, 2.45) is 0 Å². The standard InChI is InChI=1S/C25H35F3N2O3/c1-29-17-9-3-2-4-10-18-30(23(31)15-16-25(26,27)28)20-12-6-8-14-22(20)33-21-13-7-5-11-19(21)24(29)32/h5,7,11,13,20,22H,2-4,6,8-10,12,14-18H2,1H3/t20-,22+/m1/s1. The van der Waals surface area contributed by atoms with Crippen LogP contribution in [0.4, 0.5) is 13.2 Å². The number of ether oxygens (including phenoxy) is 1. The van der Waals surface area contributed by atoms with E-state index < -0.39 is 24.9 Å². The Bertz CT molecular complexity index is 799. The van der Waals surface area contributed by atoms with E-state index in [1.54, 1.807) is 35.0 Å². The molecule has 0 spiro atoms. The van der Waals surface area contributed by atoms with Crippen LogP contribution in [0, 0.1) is 0 Å². The zero-order valence-electron chi connectivity index (χ0n) is 19.4. The highest BCUT2D eigenvalue weighted by molar-refractivity contribution is 5.96. The number of halogens is 3. The largest absolute Gasteiger partial charge is 0.487 e. The number of alkyl halides is 3. The fourth-order valence-electron chi connectivity index (χ4n) is 4.82. The van der Waals surface area contributed by atoms with E-state index in [-0.39, 0.29) is 18.1 Å². The summed E-state index contributed by atoms with van der Waals surface area (Å²) in [5.74, 6) is -0.0870. The van der Waals surface area contributed by atoms with Crippen LogP contribution in [-0.4, -0.2) is 60.1 Å². The van der Waals surface area contributed by atoms with E-state index in [2.05, 4.69) is 0 Å². The van der Waals surface area contributed by atoms with Crippen LogP contribution in [0.2, 0.25) is 0 Å². The number of amides is 2. The molecule has 1 aromatic rings. The monoisotopic (exact) mass is 468 g/mol. The SMILES string of the molecule is CN1CCCCCCCN(C(=O)CCC(F)(F)F)[C@@H]2CCCC[C@@H]2Oc2ccccc2C1=O. The zero-order chi connectivity index (χ0) is 23.8. The number of fused-ring (bicyclic) bond motifs is 2. The van der Waals surface area contributed by atoms with Gasteiger partial charge in [0.1, 0.15) is 11.9 Å². The molecule has 1 saturated carbocycles. The summed E-state index contributed by atoms with van der Waals surface area (Å²) in [5.41, 5.74) is 0.481. The van der Waals surface area contributed by atoms with Crippen molar-refractivity contribution < 1.29 is 27.5 Å². The van der Waals surface area contributed by atoms with Crippen molar-refractivity contribution in [1.82, 2.24) is 9.80 Å². The van der Waals surface area contributed by atoms with Gasteiger partial charge in [0.05, 0.1) is 18.0 Å². The van der Waals surface area contributed by atoms with Crippen molar-refractivity contribution >= 4 is 11.8 Å². The van der Waals surface area contributed by atoms with E-state index in [1.807, 2.05) is 6.07 Å². The fraction of sp³-hybridized carbons (Fsp3) is 0.680. The highest BCUT2D eigenvalue weighted by Crippen LogP contribution is 2.31. The molecule has 1 heterocycles. The molecule has 1 aliphatic carbocycles. The maximum atomic E-state index is 13.1. The van der Waals surface area contributed by atoms with Crippen molar-refractivity contribution in [1.29, 1.82) is 0 Å². The lowest BCUT2D eigenvalue weighted by atomic mass is 9.90. The molecule has 0 unspecified atom stereocenters. The van der Waals surface area contributed by atoms with Crippen LogP contribution in [0.5, 0.6) is 5.75 Å². The average molecular weight is 469 g/mol. The van der Waals surface area contributed by atoms with Gasteiger partial charge in [-0.2, -0.15) is 13.2 Å². The van der Waals surface area contributed by atoms with Crippen molar-refractivity contribution in [2.75, 3.05) is 20.1 Å². The number of rotatable bonds is 2. The number of para-hydroxylation sites is 1. The average Bonchev–Trinajstić information content (AvgIpc) is 2.79. The molecule has 2 aliphatic rings. The van der Waals surface area contributed by atoms with Crippen LogP contribution in [0.1, 0.15) is 81.0 Å². The van der Waals surface area contributed by atoms with Gasteiger partial charge in [0.25, 0.3) is 5.91 Å². The highest BCUT2D eigenvalue weighted by atomic mass is 19.4. The van der Waals surface area contributed by atoms with E-state index in [9.17, 15) is 22.8 Å². The number of nitrogens with zero attached hydrogens (tertiary/aromatic N) is 2. The second kappa shape index (κ2) is 11.7. The predicted octanol–water partition coefficient (Wildman–Crippen LogP) is 5.58. The van der Waals surface area contributed by atoms with Crippen LogP contribution in [0.15, 0.2) is 24.3 Å². The smallest absolute Gasteiger partial charge is 0.389 e. The lowest BCUT2D eigenvalue weighted by molar-refractivity contribution is -0.152. The Labute approximate surface area is 194 Å². The third-order valence-corrected chi connectivity index (χ3v) is 6.65. The van der Waals surface area contributed by atoms with Crippen LogP contribution < -0.4 is 4.74 Å². The van der Waals surface area contributed by atoms with Gasteiger partial charge in [-0.3, -0.25) is 9.59 Å². The highest BCUT2D eigenvalue weighted by Gasteiger charge is 2.36.